The van der Waals surface area contributed by atoms with Crippen LogP contribution in [-0.4, -0.2) is 40.0 Å². The van der Waals surface area contributed by atoms with Gasteiger partial charge in [-0.15, -0.1) is 0 Å². The van der Waals surface area contributed by atoms with Crippen LogP contribution in [0.5, 0.6) is 17.2 Å². The number of pyridine rings is 1. The first-order chi connectivity index (χ1) is 20.8. The Morgan fingerprint density at radius 2 is 1.74 bits per heavy atom. The Morgan fingerprint density at radius 3 is 2.47 bits per heavy atom. The van der Waals surface area contributed by atoms with Gasteiger partial charge in [0.1, 0.15) is 33.9 Å². The van der Waals surface area contributed by atoms with Gasteiger partial charge in [0.2, 0.25) is 0 Å². The van der Waals surface area contributed by atoms with E-state index in [4.69, 9.17) is 37.8 Å². The van der Waals surface area contributed by atoms with Crippen molar-refractivity contribution in [2.24, 2.45) is 0 Å². The number of hydrogen-bond donors (Lipinski definition) is 4. The minimum atomic E-state index is -0.530. The van der Waals surface area contributed by atoms with Gasteiger partial charge >= 0.3 is 12.1 Å². The highest BCUT2D eigenvalue weighted by molar-refractivity contribution is 6.45. The fraction of sp³-hybridized carbons (Fsp3) is 0.267. The van der Waals surface area contributed by atoms with Gasteiger partial charge in [-0.05, 0) is 68.1 Å². The maximum absolute atomic E-state index is 13.1. The minimum absolute atomic E-state index is 0.0952. The molecule has 0 unspecified atom stereocenters. The molecule has 0 saturated heterocycles. The molecule has 2 heterocycles. The first-order valence-corrected chi connectivity index (χ1v) is 14.6. The predicted molar refractivity (Wildman–Crippen MR) is 167 cm³/mol. The number of halogens is 2. The van der Waals surface area contributed by atoms with E-state index in [2.05, 4.69) is 33.2 Å². The highest BCUT2D eigenvalue weighted by Gasteiger charge is 2.23. The van der Waals surface area contributed by atoms with Crippen LogP contribution in [0, 0.1) is 0 Å². The summed E-state index contributed by atoms with van der Waals surface area (Å²) in [4.78, 5) is 29.2. The molecule has 43 heavy (non-hydrogen) atoms. The highest BCUT2D eigenvalue weighted by atomic mass is 35.5. The molecule has 0 bridgehead atoms. The van der Waals surface area contributed by atoms with E-state index >= 15 is 0 Å². The van der Waals surface area contributed by atoms with Crippen molar-refractivity contribution in [1.29, 1.82) is 0 Å². The number of unbranched alkanes of at least 4 members (excludes halogenated alkanes) is 1. The lowest BCUT2D eigenvalue weighted by Gasteiger charge is -2.14. The molecule has 224 valence electrons. The zero-order valence-corrected chi connectivity index (χ0v) is 25.1. The van der Waals surface area contributed by atoms with Crippen molar-refractivity contribution >= 4 is 52.6 Å². The van der Waals surface area contributed by atoms with Gasteiger partial charge in [-0.25, -0.2) is 19.3 Å². The van der Waals surface area contributed by atoms with Crippen molar-refractivity contribution < 1.29 is 19.1 Å². The summed E-state index contributed by atoms with van der Waals surface area (Å²) in [7, 11) is 1.60. The van der Waals surface area contributed by atoms with E-state index in [9.17, 15) is 9.59 Å². The Kier molecular flexibility index (Phi) is 9.53. The second kappa shape index (κ2) is 13.7. The first-order valence-electron chi connectivity index (χ1n) is 13.8. The summed E-state index contributed by atoms with van der Waals surface area (Å²) in [6.07, 6.45) is 6.23. The van der Waals surface area contributed by atoms with Crippen molar-refractivity contribution in [3.8, 4) is 22.9 Å². The van der Waals surface area contributed by atoms with Gasteiger partial charge < -0.3 is 20.1 Å². The summed E-state index contributed by atoms with van der Waals surface area (Å²) in [6.45, 7) is 2.11. The Hall–Kier alpha value is -4.48. The third kappa shape index (κ3) is 7.88. The van der Waals surface area contributed by atoms with Crippen molar-refractivity contribution in [3.05, 3.63) is 76.5 Å². The summed E-state index contributed by atoms with van der Waals surface area (Å²) in [6, 6.07) is 14.9. The van der Waals surface area contributed by atoms with Gasteiger partial charge in [0, 0.05) is 24.4 Å². The van der Waals surface area contributed by atoms with Gasteiger partial charge in [-0.2, -0.15) is 5.10 Å². The Morgan fingerprint density at radius 1 is 0.953 bits per heavy atom. The topological polar surface area (TPSA) is 131 Å². The quantitative estimate of drug-likeness (QED) is 0.136. The van der Waals surface area contributed by atoms with Crippen LogP contribution in [-0.2, 0) is 6.42 Å². The number of benzene rings is 2. The summed E-state index contributed by atoms with van der Waals surface area (Å²) in [5.41, 5.74) is 1.90. The molecule has 2 aromatic heterocycles. The summed E-state index contributed by atoms with van der Waals surface area (Å²) in [5, 5.41) is 16.0. The normalized spacial score (nSPS) is 12.4. The van der Waals surface area contributed by atoms with E-state index in [-0.39, 0.29) is 33.6 Å². The number of carbonyl (C=O) groups is 2. The SMILES string of the molecule is CCCCc1cc(NC(=O)Nc2ccc(Oc3ccnc(NC(=O)NC4CC4)c3)c(Cl)c2Cl)n(-c2ccc(OC)cc2)n1. The molecule has 1 aliphatic carbocycles. The van der Waals surface area contributed by atoms with Crippen molar-refractivity contribution in [3.63, 3.8) is 0 Å². The van der Waals surface area contributed by atoms with Crippen molar-refractivity contribution in [1.82, 2.24) is 20.1 Å². The maximum atomic E-state index is 13.1. The number of aromatic nitrogens is 3. The molecule has 0 atom stereocenters. The van der Waals surface area contributed by atoms with E-state index in [0.717, 1.165) is 43.5 Å². The summed E-state index contributed by atoms with van der Waals surface area (Å²) >= 11 is 13.0. The molecule has 4 N–H and O–H groups in total. The van der Waals surface area contributed by atoms with Gasteiger partial charge in [-0.1, -0.05) is 36.5 Å². The largest absolute Gasteiger partial charge is 0.497 e. The molecule has 1 aliphatic rings. The minimum Gasteiger partial charge on any atom is -0.497 e. The monoisotopic (exact) mass is 623 g/mol. The smallest absolute Gasteiger partial charge is 0.324 e. The van der Waals surface area contributed by atoms with Crippen molar-refractivity contribution in [2.75, 3.05) is 23.1 Å². The van der Waals surface area contributed by atoms with E-state index in [1.165, 1.54) is 6.20 Å². The van der Waals surface area contributed by atoms with Gasteiger partial charge in [0.05, 0.1) is 29.2 Å². The van der Waals surface area contributed by atoms with E-state index in [0.29, 0.717) is 23.1 Å². The predicted octanol–water partition coefficient (Wildman–Crippen LogP) is 7.65. The third-order valence-electron chi connectivity index (χ3n) is 6.51. The number of carbonyl (C=O) groups excluding carboxylic acids is 2. The van der Waals surface area contributed by atoms with Crippen LogP contribution >= 0.6 is 23.2 Å². The van der Waals surface area contributed by atoms with Crippen LogP contribution in [0.4, 0.5) is 26.9 Å². The molecule has 5 rings (SSSR count). The molecule has 13 heteroatoms. The Labute approximate surface area is 258 Å². The highest BCUT2D eigenvalue weighted by Crippen LogP contribution is 2.39. The number of nitrogens with zero attached hydrogens (tertiary/aromatic N) is 3. The van der Waals surface area contributed by atoms with E-state index in [1.807, 2.05) is 30.3 Å². The molecular weight excluding hydrogens is 593 g/mol. The van der Waals surface area contributed by atoms with Crippen LogP contribution in [0.25, 0.3) is 5.69 Å². The second-order valence-electron chi connectivity index (χ2n) is 9.90. The molecule has 0 aliphatic heterocycles. The summed E-state index contributed by atoms with van der Waals surface area (Å²) < 4.78 is 12.8. The maximum Gasteiger partial charge on any atom is 0.324 e. The number of aryl methyl sites for hydroxylation is 1. The second-order valence-corrected chi connectivity index (χ2v) is 10.7. The van der Waals surface area contributed by atoms with Crippen LogP contribution in [0.3, 0.4) is 0 Å². The number of ether oxygens (including phenoxy) is 2. The molecule has 4 aromatic rings. The van der Waals surface area contributed by atoms with Crippen LogP contribution < -0.4 is 30.7 Å². The molecule has 0 spiro atoms. The van der Waals surface area contributed by atoms with Crippen LogP contribution in [0.1, 0.15) is 38.3 Å². The van der Waals surface area contributed by atoms with Gasteiger partial charge in [0.15, 0.2) is 0 Å². The molecule has 11 nitrogen and oxygen atoms in total. The number of anilines is 3. The van der Waals surface area contributed by atoms with E-state index < -0.39 is 6.03 Å². The number of nitrogens with one attached hydrogen (secondary N) is 4. The van der Waals surface area contributed by atoms with E-state index in [1.54, 1.807) is 36.1 Å². The molecule has 4 amide bonds. The Balaban J connectivity index is 1.27. The van der Waals surface area contributed by atoms with Gasteiger partial charge in [-0.3, -0.25) is 10.6 Å². The lowest BCUT2D eigenvalue weighted by molar-refractivity contribution is 0.251. The number of rotatable bonds is 11. The fourth-order valence-electron chi connectivity index (χ4n) is 4.13. The average molecular weight is 625 g/mol. The number of methoxy groups -OCH3 is 1. The zero-order chi connectivity index (χ0) is 30.3. The third-order valence-corrected chi connectivity index (χ3v) is 7.38. The molecule has 2 aromatic carbocycles. The fourth-order valence-corrected chi connectivity index (χ4v) is 4.54. The lowest BCUT2D eigenvalue weighted by atomic mass is 10.2. The number of urea groups is 2. The zero-order valence-electron chi connectivity index (χ0n) is 23.6. The molecule has 1 fully saturated rings. The molecule has 0 radical (unpaired) electrons. The standard InChI is InChI=1S/C30H31Cl2N7O4/c1-3-4-5-19-16-26(39(38-19)20-8-10-21(42-2)11-9-20)37-30(41)35-23-12-13-24(28(32)27(23)31)43-22-14-15-33-25(17-22)36-29(40)34-18-6-7-18/h8-18H,3-7H2,1-2H3,(H2,35,37,41)(H2,33,34,36,40). The average Bonchev–Trinajstić information content (AvgIpc) is 3.73. The van der Waals surface area contributed by atoms with Gasteiger partial charge in [0.25, 0.3) is 0 Å². The number of amides is 4. The summed E-state index contributed by atoms with van der Waals surface area (Å²) in [5.74, 6) is 2.17. The Bertz CT molecular complexity index is 1610. The van der Waals surface area contributed by atoms with Crippen LogP contribution in [0.2, 0.25) is 10.0 Å². The van der Waals surface area contributed by atoms with Crippen LogP contribution in [0.15, 0.2) is 60.8 Å². The van der Waals surface area contributed by atoms with Crippen molar-refractivity contribution in [2.45, 2.75) is 45.1 Å². The number of hydrogen-bond acceptors (Lipinski definition) is 6. The first kappa shape index (κ1) is 30.0. The molecule has 1 saturated carbocycles. The molecular formula is C30H31Cl2N7O4. The lowest BCUT2D eigenvalue weighted by Crippen LogP contribution is -2.30.